The molecule has 4 nitrogen and oxygen atoms in total. The molecule has 0 atom stereocenters. The summed E-state index contributed by atoms with van der Waals surface area (Å²) in [5.41, 5.74) is 0.299. The van der Waals surface area contributed by atoms with Crippen LogP contribution in [0.2, 0.25) is 0 Å². The van der Waals surface area contributed by atoms with Crippen LogP contribution >= 0.6 is 11.3 Å². The predicted molar refractivity (Wildman–Crippen MR) is 88.1 cm³/mol. The molecule has 1 aromatic heterocycles. The molecule has 120 valence electrons. The zero-order valence-corrected chi connectivity index (χ0v) is 14.8. The molecule has 1 aliphatic heterocycles. The molecule has 2 rings (SSSR count). The van der Waals surface area contributed by atoms with Crippen molar-refractivity contribution in [2.45, 2.75) is 51.5 Å². The molecule has 0 aliphatic carbocycles. The molecule has 0 unspecified atom stereocenters. The molecule has 0 spiro atoms. The van der Waals surface area contributed by atoms with E-state index < -0.39 is 10.0 Å². The average molecular weight is 331 g/mol. The second-order valence-corrected chi connectivity index (χ2v) is 8.96. The van der Waals surface area contributed by atoms with E-state index in [0.29, 0.717) is 29.9 Å². The fraction of sp³-hybridized carbons (Fsp3) is 0.733. The van der Waals surface area contributed by atoms with Gasteiger partial charge in [-0.25, -0.2) is 8.42 Å². The van der Waals surface area contributed by atoms with Crippen LogP contribution in [0.15, 0.2) is 16.3 Å². The molecule has 0 aromatic carbocycles. The van der Waals surface area contributed by atoms with Crippen LogP contribution in [0.5, 0.6) is 0 Å². The van der Waals surface area contributed by atoms with Gasteiger partial charge in [-0.15, -0.1) is 11.3 Å². The van der Waals surface area contributed by atoms with Gasteiger partial charge in [0.15, 0.2) is 0 Å². The number of hydrogen-bond donors (Lipinski definition) is 1. The van der Waals surface area contributed by atoms with Gasteiger partial charge in [-0.2, -0.15) is 4.31 Å². The standard InChI is InChI=1S/C15H26N2O2S2/c1-4-15(3)7-9-17(10-8-15)21(18,19)14-6-11-20-13(14)12-16-5-2/h6,11,16H,4-5,7-10,12H2,1-3H3. The molecule has 1 fully saturated rings. The third kappa shape index (κ3) is 3.67. The number of sulfonamides is 1. The van der Waals surface area contributed by atoms with E-state index in [1.165, 1.54) is 11.3 Å². The molecule has 1 aliphatic rings. The first-order valence-corrected chi connectivity index (χ1v) is 10.0. The van der Waals surface area contributed by atoms with Crippen LogP contribution in [0.4, 0.5) is 0 Å². The number of rotatable bonds is 6. The summed E-state index contributed by atoms with van der Waals surface area (Å²) in [7, 11) is -3.33. The molecule has 0 amide bonds. The number of thiophene rings is 1. The summed E-state index contributed by atoms with van der Waals surface area (Å²) in [6.45, 7) is 9.24. The molecule has 2 heterocycles. The monoisotopic (exact) mass is 330 g/mol. The fourth-order valence-electron chi connectivity index (χ4n) is 2.69. The quantitative estimate of drug-likeness (QED) is 0.872. The van der Waals surface area contributed by atoms with Crippen molar-refractivity contribution < 1.29 is 8.42 Å². The van der Waals surface area contributed by atoms with E-state index in [2.05, 4.69) is 19.2 Å². The number of piperidine rings is 1. The van der Waals surface area contributed by atoms with Gasteiger partial charge in [-0.1, -0.05) is 27.2 Å². The van der Waals surface area contributed by atoms with Crippen molar-refractivity contribution in [3.63, 3.8) is 0 Å². The Labute approximate surface area is 132 Å². The van der Waals surface area contributed by atoms with E-state index >= 15 is 0 Å². The highest BCUT2D eigenvalue weighted by molar-refractivity contribution is 7.89. The highest BCUT2D eigenvalue weighted by atomic mass is 32.2. The summed E-state index contributed by atoms with van der Waals surface area (Å²) in [6, 6.07) is 1.75. The Bertz CT molecular complexity index is 558. The van der Waals surface area contributed by atoms with Crippen molar-refractivity contribution in [2.24, 2.45) is 5.41 Å². The molecule has 0 radical (unpaired) electrons. The molecule has 1 aromatic rings. The van der Waals surface area contributed by atoms with E-state index in [-0.39, 0.29) is 0 Å². The van der Waals surface area contributed by atoms with Crippen molar-refractivity contribution in [3.8, 4) is 0 Å². The number of hydrogen-bond acceptors (Lipinski definition) is 4. The molecule has 0 saturated carbocycles. The molecular weight excluding hydrogens is 304 g/mol. The summed E-state index contributed by atoms with van der Waals surface area (Å²) in [5.74, 6) is 0. The van der Waals surface area contributed by atoms with Crippen LogP contribution in [0.25, 0.3) is 0 Å². The highest BCUT2D eigenvalue weighted by Gasteiger charge is 2.35. The minimum absolute atomic E-state index is 0.299. The average Bonchev–Trinajstić information content (AvgIpc) is 2.95. The third-order valence-electron chi connectivity index (χ3n) is 4.64. The Hall–Kier alpha value is -0.430. The summed E-state index contributed by atoms with van der Waals surface area (Å²) in [5, 5.41) is 5.09. The van der Waals surface area contributed by atoms with Crippen LogP contribution in [0.3, 0.4) is 0 Å². The molecule has 0 bridgehead atoms. The smallest absolute Gasteiger partial charge is 0.244 e. The van der Waals surface area contributed by atoms with E-state index in [1.54, 1.807) is 10.4 Å². The highest BCUT2D eigenvalue weighted by Crippen LogP contribution is 2.36. The van der Waals surface area contributed by atoms with Gasteiger partial charge in [0, 0.05) is 24.5 Å². The van der Waals surface area contributed by atoms with Gasteiger partial charge >= 0.3 is 0 Å². The number of nitrogens with zero attached hydrogens (tertiary/aromatic N) is 1. The maximum atomic E-state index is 12.8. The summed E-state index contributed by atoms with van der Waals surface area (Å²) >= 11 is 1.52. The lowest BCUT2D eigenvalue weighted by molar-refractivity contribution is 0.169. The Balaban J connectivity index is 2.14. The van der Waals surface area contributed by atoms with Gasteiger partial charge in [0.05, 0.1) is 4.90 Å². The SMILES string of the molecule is CCNCc1sccc1S(=O)(=O)N1CCC(C)(CC)CC1. The Morgan fingerprint density at radius 3 is 2.57 bits per heavy atom. The Morgan fingerprint density at radius 2 is 2.00 bits per heavy atom. The van der Waals surface area contributed by atoms with Gasteiger partial charge in [0.25, 0.3) is 0 Å². The zero-order chi connectivity index (χ0) is 15.5. The second-order valence-electron chi connectivity index (χ2n) is 6.06. The first-order chi connectivity index (χ1) is 9.93. The lowest BCUT2D eigenvalue weighted by Gasteiger charge is -2.38. The zero-order valence-electron chi connectivity index (χ0n) is 13.2. The molecule has 21 heavy (non-hydrogen) atoms. The van der Waals surface area contributed by atoms with Gasteiger partial charge in [0.1, 0.15) is 0 Å². The molecular formula is C15H26N2O2S2. The van der Waals surface area contributed by atoms with Crippen molar-refractivity contribution in [1.29, 1.82) is 0 Å². The largest absolute Gasteiger partial charge is 0.312 e. The van der Waals surface area contributed by atoms with Crippen molar-refractivity contribution in [3.05, 3.63) is 16.3 Å². The van der Waals surface area contributed by atoms with Crippen LogP contribution in [0, 0.1) is 5.41 Å². The normalized spacial score (nSPS) is 19.8. The van der Waals surface area contributed by atoms with Gasteiger partial charge in [0.2, 0.25) is 10.0 Å². The number of nitrogens with one attached hydrogen (secondary N) is 1. The van der Waals surface area contributed by atoms with Gasteiger partial charge in [-0.3, -0.25) is 0 Å². The fourth-order valence-corrected chi connectivity index (χ4v) is 5.51. The van der Waals surface area contributed by atoms with E-state index in [1.807, 2.05) is 12.3 Å². The van der Waals surface area contributed by atoms with E-state index in [0.717, 1.165) is 30.7 Å². The first-order valence-electron chi connectivity index (χ1n) is 7.70. The maximum absolute atomic E-state index is 12.8. The lowest BCUT2D eigenvalue weighted by Crippen LogP contribution is -2.42. The Kier molecular flexibility index (Phi) is 5.46. The molecule has 6 heteroatoms. The second kappa shape index (κ2) is 6.77. The van der Waals surface area contributed by atoms with E-state index in [9.17, 15) is 8.42 Å². The van der Waals surface area contributed by atoms with E-state index in [4.69, 9.17) is 0 Å². The predicted octanol–water partition coefficient (Wildman–Crippen LogP) is 3.06. The van der Waals surface area contributed by atoms with Crippen molar-refractivity contribution >= 4 is 21.4 Å². The van der Waals surface area contributed by atoms with Crippen LogP contribution in [-0.2, 0) is 16.6 Å². The van der Waals surface area contributed by atoms with Crippen molar-refractivity contribution in [2.75, 3.05) is 19.6 Å². The van der Waals surface area contributed by atoms with Gasteiger partial charge < -0.3 is 5.32 Å². The minimum atomic E-state index is -3.33. The van der Waals surface area contributed by atoms with Crippen LogP contribution in [-0.4, -0.2) is 32.4 Å². The summed E-state index contributed by atoms with van der Waals surface area (Å²) < 4.78 is 27.3. The Morgan fingerprint density at radius 1 is 1.33 bits per heavy atom. The summed E-state index contributed by atoms with van der Waals surface area (Å²) in [4.78, 5) is 1.41. The lowest BCUT2D eigenvalue weighted by atomic mass is 9.79. The molecule has 1 saturated heterocycles. The maximum Gasteiger partial charge on any atom is 0.244 e. The topological polar surface area (TPSA) is 49.4 Å². The van der Waals surface area contributed by atoms with Crippen LogP contribution in [0.1, 0.15) is 44.9 Å². The van der Waals surface area contributed by atoms with Crippen molar-refractivity contribution in [1.82, 2.24) is 9.62 Å². The minimum Gasteiger partial charge on any atom is -0.312 e. The third-order valence-corrected chi connectivity index (χ3v) is 7.67. The van der Waals surface area contributed by atoms with Crippen LogP contribution < -0.4 is 5.32 Å². The van der Waals surface area contributed by atoms with Gasteiger partial charge in [-0.05, 0) is 36.2 Å². The molecule has 1 N–H and O–H groups in total. The summed E-state index contributed by atoms with van der Waals surface area (Å²) in [6.07, 6.45) is 3.02. The first kappa shape index (κ1) is 16.9.